The number of nitrogens with one attached hydrogen (secondary N) is 1. The summed E-state index contributed by atoms with van der Waals surface area (Å²) in [5, 5.41) is 5.98. The van der Waals surface area contributed by atoms with Gasteiger partial charge in [0.15, 0.2) is 0 Å². The van der Waals surface area contributed by atoms with Crippen molar-refractivity contribution in [2.45, 2.75) is 32.7 Å². The maximum atomic E-state index is 7.10. The van der Waals surface area contributed by atoms with Crippen LogP contribution < -0.4 is 20.1 Å². The normalized spacial score (nSPS) is 11.9. The molecule has 0 fully saturated rings. The summed E-state index contributed by atoms with van der Waals surface area (Å²) in [5.41, 5.74) is 1.05. The number of rotatable bonds is 6. The summed E-state index contributed by atoms with van der Waals surface area (Å²) in [6, 6.07) is 29.8. The molecule has 1 N–H and O–H groups in total. The number of hydrogen-bond acceptors (Lipinski definition) is 2. The zero-order chi connectivity index (χ0) is 19.3. The second-order valence-corrected chi connectivity index (χ2v) is 12.0. The molecule has 0 heterocycles. The molecular weight excluding hydrogens is 346 g/mol. The van der Waals surface area contributed by atoms with Crippen LogP contribution in [0.3, 0.4) is 0 Å². The van der Waals surface area contributed by atoms with Crippen molar-refractivity contribution >= 4 is 24.4 Å². The van der Waals surface area contributed by atoms with Crippen LogP contribution in [0.5, 0.6) is 5.75 Å². The van der Waals surface area contributed by atoms with Gasteiger partial charge in [0.25, 0.3) is 0 Å². The Morgan fingerprint density at radius 3 is 1.70 bits per heavy atom. The van der Waals surface area contributed by atoms with Crippen molar-refractivity contribution in [3.63, 3.8) is 0 Å². The second-order valence-electron chi connectivity index (χ2n) is 7.79. The first-order valence-electron chi connectivity index (χ1n) is 9.62. The van der Waals surface area contributed by atoms with Gasteiger partial charge in [-0.25, -0.2) is 0 Å². The molecule has 140 valence electrons. The summed E-state index contributed by atoms with van der Waals surface area (Å²) < 4.78 is 7.10. The van der Waals surface area contributed by atoms with E-state index in [4.69, 9.17) is 4.43 Å². The van der Waals surface area contributed by atoms with Gasteiger partial charge in [-0.2, -0.15) is 0 Å². The average Bonchev–Trinajstić information content (AvgIpc) is 2.68. The summed E-state index contributed by atoms with van der Waals surface area (Å²) in [6.45, 7) is 9.87. The molecule has 3 aromatic rings. The molecule has 0 aliphatic carbocycles. The maximum absolute atomic E-state index is 7.10. The molecule has 0 saturated carbocycles. The number of hydrogen-bond donors (Lipinski definition) is 1. The maximum Gasteiger partial charge on any atom is 0.320 e. The van der Waals surface area contributed by atoms with Crippen molar-refractivity contribution in [1.29, 1.82) is 0 Å². The first-order chi connectivity index (χ1) is 13.0. The minimum Gasteiger partial charge on any atom is -0.533 e. The lowest BCUT2D eigenvalue weighted by Gasteiger charge is -2.43. The molecule has 0 amide bonds. The first kappa shape index (κ1) is 19.2. The molecule has 0 aromatic heterocycles. The molecule has 0 bridgehead atoms. The van der Waals surface area contributed by atoms with Crippen LogP contribution in [0, 0.1) is 0 Å². The first-order valence-corrected chi connectivity index (χ1v) is 11.5. The van der Waals surface area contributed by atoms with E-state index in [0.29, 0.717) is 0 Å². The standard InChI is InChI=1S/C24H29NOSi/c1-5-25-22-18-12-13-19-23(22)26-27(24(2,3)4,20-14-8-6-9-15-20)21-16-10-7-11-17-21/h6-19,25H,5H2,1-4H3. The molecule has 0 aliphatic heterocycles. The molecule has 2 nitrogen and oxygen atoms in total. The van der Waals surface area contributed by atoms with Gasteiger partial charge in [-0.1, -0.05) is 93.6 Å². The Bertz CT molecular complexity index is 817. The van der Waals surface area contributed by atoms with Crippen molar-refractivity contribution in [3.8, 4) is 5.75 Å². The minimum absolute atomic E-state index is 0.0466. The molecule has 3 aromatic carbocycles. The summed E-state index contributed by atoms with van der Waals surface area (Å²) in [5.74, 6) is 0.925. The zero-order valence-corrected chi connectivity index (χ0v) is 17.7. The van der Waals surface area contributed by atoms with E-state index in [1.54, 1.807) is 0 Å². The largest absolute Gasteiger partial charge is 0.533 e. The molecule has 0 spiro atoms. The highest BCUT2D eigenvalue weighted by Crippen LogP contribution is 2.39. The van der Waals surface area contributed by atoms with E-state index in [1.807, 2.05) is 6.07 Å². The van der Waals surface area contributed by atoms with Crippen LogP contribution in [0.2, 0.25) is 5.04 Å². The Hall–Kier alpha value is -2.52. The summed E-state index contributed by atoms with van der Waals surface area (Å²) in [6.07, 6.45) is 0. The van der Waals surface area contributed by atoms with Gasteiger partial charge < -0.3 is 9.74 Å². The summed E-state index contributed by atoms with van der Waals surface area (Å²) in [4.78, 5) is 0. The third kappa shape index (κ3) is 3.79. The Kier molecular flexibility index (Phi) is 5.71. The third-order valence-corrected chi connectivity index (χ3v) is 9.87. The molecule has 0 unspecified atom stereocenters. The van der Waals surface area contributed by atoms with Crippen molar-refractivity contribution in [1.82, 2.24) is 0 Å². The van der Waals surface area contributed by atoms with Crippen LogP contribution in [-0.4, -0.2) is 14.9 Å². The Balaban J connectivity index is 2.25. The van der Waals surface area contributed by atoms with Crippen molar-refractivity contribution in [2.75, 3.05) is 11.9 Å². The average molecular weight is 376 g/mol. The van der Waals surface area contributed by atoms with Crippen LogP contribution in [0.4, 0.5) is 5.69 Å². The van der Waals surface area contributed by atoms with Crippen LogP contribution in [0.15, 0.2) is 84.9 Å². The van der Waals surface area contributed by atoms with E-state index in [0.717, 1.165) is 18.0 Å². The predicted molar refractivity (Wildman–Crippen MR) is 119 cm³/mol. The number of anilines is 1. The fraction of sp³-hybridized carbons (Fsp3) is 0.250. The molecule has 0 saturated heterocycles. The molecule has 0 aliphatic rings. The highest BCUT2D eigenvalue weighted by atomic mass is 28.4. The molecular formula is C24H29NOSi. The van der Waals surface area contributed by atoms with Gasteiger partial charge in [-0.15, -0.1) is 0 Å². The smallest absolute Gasteiger partial charge is 0.320 e. The number of para-hydroxylation sites is 2. The van der Waals surface area contributed by atoms with Crippen LogP contribution in [0.1, 0.15) is 27.7 Å². The quantitative estimate of drug-likeness (QED) is 0.608. The molecule has 27 heavy (non-hydrogen) atoms. The van der Waals surface area contributed by atoms with Gasteiger partial charge in [-0.05, 0) is 34.5 Å². The Labute approximate surface area is 164 Å². The topological polar surface area (TPSA) is 21.3 Å². The minimum atomic E-state index is -2.59. The Morgan fingerprint density at radius 1 is 0.741 bits per heavy atom. The van der Waals surface area contributed by atoms with Crippen LogP contribution in [-0.2, 0) is 0 Å². The monoisotopic (exact) mass is 375 g/mol. The van der Waals surface area contributed by atoms with E-state index in [1.165, 1.54) is 10.4 Å². The highest BCUT2D eigenvalue weighted by molar-refractivity contribution is 7.00. The fourth-order valence-corrected chi connectivity index (χ4v) is 8.15. The predicted octanol–water partition coefficient (Wildman–Crippen LogP) is 5.06. The second kappa shape index (κ2) is 8.01. The zero-order valence-electron chi connectivity index (χ0n) is 16.7. The molecule has 0 atom stereocenters. The SMILES string of the molecule is CCNc1ccccc1O[Si](c1ccccc1)(c1ccccc1)C(C)(C)C. The van der Waals surface area contributed by atoms with Gasteiger partial charge in [0.1, 0.15) is 5.75 Å². The molecule has 3 rings (SSSR count). The fourth-order valence-electron chi connectivity index (χ4n) is 3.71. The third-order valence-electron chi connectivity index (χ3n) is 4.93. The summed E-state index contributed by atoms with van der Waals surface area (Å²) >= 11 is 0. The lowest BCUT2D eigenvalue weighted by atomic mass is 10.2. The van der Waals surface area contributed by atoms with Crippen molar-refractivity contribution in [2.24, 2.45) is 0 Å². The summed E-state index contributed by atoms with van der Waals surface area (Å²) in [7, 11) is -2.59. The van der Waals surface area contributed by atoms with Crippen molar-refractivity contribution < 1.29 is 4.43 Å². The van der Waals surface area contributed by atoms with E-state index in [-0.39, 0.29) is 5.04 Å². The molecule has 0 radical (unpaired) electrons. The Morgan fingerprint density at radius 2 is 1.22 bits per heavy atom. The molecule has 3 heteroatoms. The van der Waals surface area contributed by atoms with Crippen molar-refractivity contribution in [3.05, 3.63) is 84.9 Å². The van der Waals surface area contributed by atoms with E-state index in [2.05, 4.69) is 112 Å². The lowest BCUT2D eigenvalue weighted by Crippen LogP contribution is -2.68. The van der Waals surface area contributed by atoms with E-state index >= 15 is 0 Å². The highest BCUT2D eigenvalue weighted by Gasteiger charge is 2.52. The van der Waals surface area contributed by atoms with Gasteiger partial charge in [-0.3, -0.25) is 0 Å². The van der Waals surface area contributed by atoms with E-state index in [9.17, 15) is 0 Å². The van der Waals surface area contributed by atoms with Gasteiger partial charge in [0, 0.05) is 6.54 Å². The van der Waals surface area contributed by atoms with E-state index < -0.39 is 8.32 Å². The number of benzene rings is 3. The van der Waals surface area contributed by atoms with Gasteiger partial charge in [0.2, 0.25) is 0 Å². The van der Waals surface area contributed by atoms with Crippen LogP contribution >= 0.6 is 0 Å². The van der Waals surface area contributed by atoms with Crippen LogP contribution in [0.25, 0.3) is 0 Å². The lowest BCUT2D eigenvalue weighted by molar-refractivity contribution is 0.509. The van der Waals surface area contributed by atoms with Gasteiger partial charge >= 0.3 is 8.32 Å². The van der Waals surface area contributed by atoms with Gasteiger partial charge in [0.05, 0.1) is 5.69 Å².